The SMILES string of the molecule is O=C(Nc1cnc(Cl)nc1Cl)c1ccno1. The molecule has 2 rings (SSSR count). The summed E-state index contributed by atoms with van der Waals surface area (Å²) in [5, 5.41) is 5.90. The van der Waals surface area contributed by atoms with Crippen LogP contribution in [0.5, 0.6) is 0 Å². The standard InChI is InChI=1S/C8H4Cl2N4O2/c9-6-4(3-11-8(10)14-6)13-7(15)5-1-2-12-16-5/h1-3H,(H,13,15). The Labute approximate surface area is 99.6 Å². The molecule has 0 atom stereocenters. The van der Waals surface area contributed by atoms with Gasteiger partial charge in [-0.1, -0.05) is 16.8 Å². The molecule has 82 valence electrons. The summed E-state index contributed by atoms with van der Waals surface area (Å²) < 4.78 is 4.66. The Morgan fingerprint density at radius 1 is 1.44 bits per heavy atom. The first-order valence-corrected chi connectivity index (χ1v) is 4.82. The van der Waals surface area contributed by atoms with E-state index in [1.165, 1.54) is 18.5 Å². The highest BCUT2D eigenvalue weighted by molar-refractivity contribution is 6.34. The van der Waals surface area contributed by atoms with E-state index in [9.17, 15) is 4.79 Å². The van der Waals surface area contributed by atoms with Crippen LogP contribution in [-0.2, 0) is 0 Å². The number of nitrogens with zero attached hydrogens (tertiary/aromatic N) is 3. The summed E-state index contributed by atoms with van der Waals surface area (Å²) in [4.78, 5) is 18.9. The van der Waals surface area contributed by atoms with Crippen molar-refractivity contribution in [3.63, 3.8) is 0 Å². The maximum Gasteiger partial charge on any atom is 0.294 e. The maximum atomic E-state index is 11.5. The van der Waals surface area contributed by atoms with Gasteiger partial charge in [0.2, 0.25) is 11.0 Å². The average Bonchev–Trinajstić information content (AvgIpc) is 2.75. The van der Waals surface area contributed by atoms with Gasteiger partial charge < -0.3 is 9.84 Å². The van der Waals surface area contributed by atoms with Crippen molar-refractivity contribution in [1.82, 2.24) is 15.1 Å². The normalized spacial score (nSPS) is 10.1. The van der Waals surface area contributed by atoms with E-state index in [0.717, 1.165) is 0 Å². The Morgan fingerprint density at radius 2 is 2.25 bits per heavy atom. The van der Waals surface area contributed by atoms with Gasteiger partial charge in [-0.25, -0.2) is 9.97 Å². The fourth-order valence-electron chi connectivity index (χ4n) is 0.942. The Morgan fingerprint density at radius 3 is 2.88 bits per heavy atom. The monoisotopic (exact) mass is 258 g/mol. The molecule has 0 aliphatic rings. The van der Waals surface area contributed by atoms with Crippen LogP contribution in [0.15, 0.2) is 23.0 Å². The third-order valence-electron chi connectivity index (χ3n) is 1.62. The largest absolute Gasteiger partial charge is 0.351 e. The fourth-order valence-corrected chi connectivity index (χ4v) is 1.29. The van der Waals surface area contributed by atoms with Crippen LogP contribution in [0.25, 0.3) is 0 Å². The zero-order chi connectivity index (χ0) is 11.5. The molecule has 0 saturated heterocycles. The molecule has 0 unspecified atom stereocenters. The molecule has 2 heterocycles. The Bertz CT molecular complexity index is 515. The second-order valence-corrected chi connectivity index (χ2v) is 3.37. The molecule has 0 aliphatic heterocycles. The van der Waals surface area contributed by atoms with Crippen LogP contribution < -0.4 is 5.32 Å². The predicted molar refractivity (Wildman–Crippen MR) is 56.5 cm³/mol. The topological polar surface area (TPSA) is 80.9 Å². The Kier molecular flexibility index (Phi) is 3.02. The molecule has 2 aromatic rings. The zero-order valence-electron chi connectivity index (χ0n) is 7.65. The fraction of sp³-hybridized carbons (Fsp3) is 0. The first-order chi connectivity index (χ1) is 7.66. The molecule has 0 radical (unpaired) electrons. The van der Waals surface area contributed by atoms with E-state index in [1.54, 1.807) is 0 Å². The van der Waals surface area contributed by atoms with Crippen LogP contribution in [0.1, 0.15) is 10.6 Å². The molecule has 0 fully saturated rings. The molecule has 0 aromatic carbocycles. The van der Waals surface area contributed by atoms with Gasteiger partial charge in [0.15, 0.2) is 5.15 Å². The minimum atomic E-state index is -0.495. The van der Waals surface area contributed by atoms with Crippen LogP contribution >= 0.6 is 23.2 Å². The van der Waals surface area contributed by atoms with Crippen LogP contribution in [0.3, 0.4) is 0 Å². The van der Waals surface area contributed by atoms with E-state index in [-0.39, 0.29) is 21.9 Å². The molecule has 6 nitrogen and oxygen atoms in total. The number of hydrogen-bond donors (Lipinski definition) is 1. The van der Waals surface area contributed by atoms with Crippen molar-refractivity contribution >= 4 is 34.8 Å². The number of rotatable bonds is 2. The summed E-state index contributed by atoms with van der Waals surface area (Å²) >= 11 is 11.2. The molecular formula is C8H4Cl2N4O2. The van der Waals surface area contributed by atoms with Gasteiger partial charge >= 0.3 is 0 Å². The number of carbonyl (C=O) groups is 1. The van der Waals surface area contributed by atoms with Crippen molar-refractivity contribution in [3.8, 4) is 0 Å². The van der Waals surface area contributed by atoms with E-state index in [2.05, 4.69) is 25.0 Å². The number of nitrogens with one attached hydrogen (secondary N) is 1. The van der Waals surface area contributed by atoms with E-state index in [4.69, 9.17) is 23.2 Å². The smallest absolute Gasteiger partial charge is 0.294 e. The zero-order valence-corrected chi connectivity index (χ0v) is 9.16. The van der Waals surface area contributed by atoms with Gasteiger partial charge in [0.25, 0.3) is 5.91 Å². The average molecular weight is 259 g/mol. The summed E-state index contributed by atoms with van der Waals surface area (Å²) in [6.45, 7) is 0. The number of anilines is 1. The molecule has 16 heavy (non-hydrogen) atoms. The van der Waals surface area contributed by atoms with Gasteiger partial charge in [-0.05, 0) is 11.6 Å². The predicted octanol–water partition coefficient (Wildman–Crippen LogP) is 2.02. The summed E-state index contributed by atoms with van der Waals surface area (Å²) in [5.74, 6) is -0.434. The molecule has 1 N–H and O–H groups in total. The maximum absolute atomic E-state index is 11.5. The quantitative estimate of drug-likeness (QED) is 0.659. The highest BCUT2D eigenvalue weighted by Crippen LogP contribution is 2.19. The van der Waals surface area contributed by atoms with Crippen LogP contribution in [-0.4, -0.2) is 21.0 Å². The second kappa shape index (κ2) is 4.46. The van der Waals surface area contributed by atoms with Gasteiger partial charge in [0.05, 0.1) is 18.1 Å². The van der Waals surface area contributed by atoms with Gasteiger partial charge in [-0.2, -0.15) is 0 Å². The first-order valence-electron chi connectivity index (χ1n) is 4.07. The molecular weight excluding hydrogens is 255 g/mol. The highest BCUT2D eigenvalue weighted by atomic mass is 35.5. The molecule has 1 amide bonds. The molecule has 2 aromatic heterocycles. The third-order valence-corrected chi connectivity index (χ3v) is 2.09. The van der Waals surface area contributed by atoms with Crippen molar-refractivity contribution in [3.05, 3.63) is 34.7 Å². The van der Waals surface area contributed by atoms with Crippen molar-refractivity contribution in [2.24, 2.45) is 0 Å². The van der Waals surface area contributed by atoms with Crippen molar-refractivity contribution < 1.29 is 9.32 Å². The van der Waals surface area contributed by atoms with Gasteiger partial charge in [0.1, 0.15) is 0 Å². The second-order valence-electron chi connectivity index (χ2n) is 2.67. The van der Waals surface area contributed by atoms with E-state index in [0.29, 0.717) is 0 Å². The number of aromatic nitrogens is 3. The third kappa shape index (κ3) is 2.29. The Hall–Kier alpha value is -1.66. The highest BCUT2D eigenvalue weighted by Gasteiger charge is 2.12. The molecule has 0 bridgehead atoms. The lowest BCUT2D eigenvalue weighted by molar-refractivity contribution is 0.0988. The lowest BCUT2D eigenvalue weighted by Crippen LogP contribution is -2.12. The van der Waals surface area contributed by atoms with Crippen molar-refractivity contribution in [2.45, 2.75) is 0 Å². The van der Waals surface area contributed by atoms with Gasteiger partial charge in [-0.3, -0.25) is 4.79 Å². The van der Waals surface area contributed by atoms with E-state index < -0.39 is 5.91 Å². The molecule has 8 heteroatoms. The number of amides is 1. The van der Waals surface area contributed by atoms with Crippen LogP contribution in [0, 0.1) is 0 Å². The summed E-state index contributed by atoms with van der Waals surface area (Å²) in [6.07, 6.45) is 2.65. The number of halogens is 2. The lowest BCUT2D eigenvalue weighted by atomic mass is 10.4. The van der Waals surface area contributed by atoms with Crippen molar-refractivity contribution in [1.29, 1.82) is 0 Å². The van der Waals surface area contributed by atoms with Crippen LogP contribution in [0.4, 0.5) is 5.69 Å². The minimum absolute atomic E-state index is 0.00247. The summed E-state index contributed by atoms with van der Waals surface area (Å²) in [5.41, 5.74) is 0.243. The molecule has 0 aliphatic carbocycles. The van der Waals surface area contributed by atoms with Gasteiger partial charge in [0, 0.05) is 6.07 Å². The van der Waals surface area contributed by atoms with Gasteiger partial charge in [-0.15, -0.1) is 0 Å². The van der Waals surface area contributed by atoms with Crippen LogP contribution in [0.2, 0.25) is 10.4 Å². The Balaban J connectivity index is 2.18. The molecule has 0 saturated carbocycles. The summed E-state index contributed by atoms with van der Waals surface area (Å²) in [7, 11) is 0. The number of carbonyl (C=O) groups excluding carboxylic acids is 1. The van der Waals surface area contributed by atoms with Crippen molar-refractivity contribution in [2.75, 3.05) is 5.32 Å². The minimum Gasteiger partial charge on any atom is -0.351 e. The summed E-state index contributed by atoms with van der Waals surface area (Å²) in [6, 6.07) is 1.42. The lowest BCUT2D eigenvalue weighted by Gasteiger charge is -2.03. The molecule has 0 spiro atoms. The van der Waals surface area contributed by atoms with E-state index in [1.807, 2.05) is 0 Å². The number of hydrogen-bond acceptors (Lipinski definition) is 5. The first kappa shape index (κ1) is 10.8. The van der Waals surface area contributed by atoms with E-state index >= 15 is 0 Å².